The SMILES string of the molecule is CC1(C)Oc2cc3c4c(cc5c6c7c(cc8c9c(cc1c(c2c46)c97)C(=O)N(C1CCCCC1)C8=O)OC5(C)C)C(=O)N(C1CCCCC1)C3=O. The predicted octanol–water partition coefficient (Wildman–Crippen LogP) is 8.85. The summed E-state index contributed by atoms with van der Waals surface area (Å²) < 4.78 is 13.8. The molecule has 0 spiro atoms. The summed E-state index contributed by atoms with van der Waals surface area (Å²) in [6.45, 7) is 8.00. The molecule has 2 aliphatic carbocycles. The first kappa shape index (κ1) is 29.1. The van der Waals surface area contributed by atoms with E-state index in [4.69, 9.17) is 9.47 Å². The van der Waals surface area contributed by atoms with Gasteiger partial charge in [-0.25, -0.2) is 0 Å². The highest BCUT2D eigenvalue weighted by Gasteiger charge is 2.48. The Bertz CT molecular complexity index is 2320. The molecule has 2 saturated carbocycles. The number of hydrogen-bond acceptors (Lipinski definition) is 6. The average Bonchev–Trinajstić information content (AvgIpc) is 3.09. The number of ether oxygens (including phenoxy) is 2. The van der Waals surface area contributed by atoms with Crippen molar-refractivity contribution in [2.75, 3.05) is 0 Å². The molecule has 0 unspecified atom stereocenters. The lowest BCUT2D eigenvalue weighted by Crippen LogP contribution is -2.48. The molecular weight excluding hydrogens is 628 g/mol. The molecule has 4 aliphatic heterocycles. The van der Waals surface area contributed by atoms with Gasteiger partial charge in [-0.15, -0.1) is 0 Å². The predicted molar refractivity (Wildman–Crippen MR) is 190 cm³/mol. The van der Waals surface area contributed by atoms with Gasteiger partial charge in [-0.05, 0) is 77.6 Å². The van der Waals surface area contributed by atoms with E-state index in [-0.39, 0.29) is 35.7 Å². The van der Waals surface area contributed by atoms with E-state index in [0.29, 0.717) is 44.5 Å². The van der Waals surface area contributed by atoms with Crippen LogP contribution in [0.15, 0.2) is 24.3 Å². The van der Waals surface area contributed by atoms with Gasteiger partial charge in [0.2, 0.25) is 0 Å². The molecule has 0 bridgehead atoms. The van der Waals surface area contributed by atoms with Gasteiger partial charge in [0.1, 0.15) is 22.7 Å². The Hall–Kier alpha value is -4.72. The summed E-state index contributed by atoms with van der Waals surface area (Å²) in [5.74, 6) is 0.171. The molecule has 4 amide bonds. The van der Waals surface area contributed by atoms with Crippen LogP contribution in [0.1, 0.15) is 144 Å². The minimum absolute atomic E-state index is 0.133. The topological polar surface area (TPSA) is 93.2 Å². The van der Waals surface area contributed by atoms with Gasteiger partial charge in [-0.1, -0.05) is 38.5 Å². The zero-order valence-corrected chi connectivity index (χ0v) is 28.9. The molecule has 8 nitrogen and oxygen atoms in total. The smallest absolute Gasteiger partial charge is 0.261 e. The number of imide groups is 2. The third kappa shape index (κ3) is 3.29. The number of carbonyl (C=O) groups excluding carboxylic acids is 4. The highest BCUT2D eigenvalue weighted by molar-refractivity contribution is 6.44. The molecule has 11 rings (SSSR count). The maximum absolute atomic E-state index is 14.6. The Morgan fingerprint density at radius 3 is 1.16 bits per heavy atom. The second-order valence-electron chi connectivity index (χ2n) is 16.6. The Morgan fingerprint density at radius 1 is 0.460 bits per heavy atom. The van der Waals surface area contributed by atoms with E-state index >= 15 is 0 Å². The monoisotopic (exact) mass is 666 g/mol. The maximum atomic E-state index is 14.6. The fraction of sp³-hybridized carbons (Fsp3) is 0.429. The van der Waals surface area contributed by atoms with Crippen molar-refractivity contribution in [2.45, 2.75) is 115 Å². The van der Waals surface area contributed by atoms with E-state index in [2.05, 4.69) is 0 Å². The van der Waals surface area contributed by atoms with Crippen molar-refractivity contribution in [3.63, 3.8) is 0 Å². The van der Waals surface area contributed by atoms with Crippen LogP contribution in [0.2, 0.25) is 0 Å². The van der Waals surface area contributed by atoms with Crippen LogP contribution in [0.3, 0.4) is 0 Å². The Labute approximate surface area is 289 Å². The van der Waals surface area contributed by atoms with E-state index in [1.807, 2.05) is 52.0 Å². The fourth-order valence-electron chi connectivity index (χ4n) is 10.7. The second kappa shape index (κ2) is 9.14. The number of benzene rings is 5. The summed E-state index contributed by atoms with van der Waals surface area (Å²) in [5.41, 5.74) is 2.02. The number of hydrogen-bond donors (Lipinski definition) is 0. The van der Waals surface area contributed by atoms with Crippen LogP contribution in [-0.4, -0.2) is 45.5 Å². The first-order valence-electron chi connectivity index (χ1n) is 18.5. The van der Waals surface area contributed by atoms with Gasteiger partial charge in [0.25, 0.3) is 23.6 Å². The van der Waals surface area contributed by atoms with Crippen LogP contribution in [0.4, 0.5) is 0 Å². The molecule has 5 aromatic carbocycles. The van der Waals surface area contributed by atoms with Gasteiger partial charge in [-0.2, -0.15) is 0 Å². The van der Waals surface area contributed by atoms with Crippen LogP contribution in [0.5, 0.6) is 11.5 Å². The van der Waals surface area contributed by atoms with E-state index in [0.717, 1.165) is 108 Å². The Kier molecular flexibility index (Phi) is 5.31. The van der Waals surface area contributed by atoms with Crippen molar-refractivity contribution in [1.82, 2.24) is 9.80 Å². The van der Waals surface area contributed by atoms with Crippen LogP contribution in [0.25, 0.3) is 43.1 Å². The lowest BCUT2D eigenvalue weighted by Gasteiger charge is -2.43. The Balaban J connectivity index is 1.31. The summed E-state index contributed by atoms with van der Waals surface area (Å²) in [7, 11) is 0. The molecule has 4 heterocycles. The van der Waals surface area contributed by atoms with Crippen molar-refractivity contribution in [2.24, 2.45) is 0 Å². The van der Waals surface area contributed by atoms with Gasteiger partial charge in [0, 0.05) is 77.4 Å². The maximum Gasteiger partial charge on any atom is 0.261 e. The molecule has 0 aromatic heterocycles. The molecular formula is C42H38N2O6. The van der Waals surface area contributed by atoms with Crippen LogP contribution in [0, 0.1) is 0 Å². The van der Waals surface area contributed by atoms with Crippen molar-refractivity contribution in [3.05, 3.63) is 57.6 Å². The molecule has 0 atom stereocenters. The molecule has 0 radical (unpaired) electrons. The largest absolute Gasteiger partial charge is 0.482 e. The van der Waals surface area contributed by atoms with Gasteiger partial charge >= 0.3 is 0 Å². The zero-order chi connectivity index (χ0) is 34.2. The lowest BCUT2D eigenvalue weighted by atomic mass is 9.73. The lowest BCUT2D eigenvalue weighted by molar-refractivity contribution is 0.0484. The molecule has 2 fully saturated rings. The van der Waals surface area contributed by atoms with Gasteiger partial charge in [-0.3, -0.25) is 29.0 Å². The van der Waals surface area contributed by atoms with E-state index in [1.54, 1.807) is 0 Å². The number of nitrogens with zero attached hydrogens (tertiary/aromatic N) is 2. The summed E-state index contributed by atoms with van der Waals surface area (Å²) in [6, 6.07) is 7.36. The van der Waals surface area contributed by atoms with E-state index in [1.165, 1.54) is 9.80 Å². The Morgan fingerprint density at radius 2 is 0.800 bits per heavy atom. The first-order chi connectivity index (χ1) is 24.0. The zero-order valence-electron chi connectivity index (χ0n) is 28.9. The minimum Gasteiger partial charge on any atom is -0.482 e. The quantitative estimate of drug-likeness (QED) is 0.106. The first-order valence-corrected chi connectivity index (χ1v) is 18.5. The van der Waals surface area contributed by atoms with Gasteiger partial charge in [0.15, 0.2) is 0 Å². The summed E-state index contributed by atoms with van der Waals surface area (Å²) >= 11 is 0. The molecule has 50 heavy (non-hydrogen) atoms. The van der Waals surface area contributed by atoms with Crippen molar-refractivity contribution >= 4 is 66.7 Å². The van der Waals surface area contributed by atoms with Gasteiger partial charge in [0.05, 0.1) is 11.1 Å². The van der Waals surface area contributed by atoms with E-state index < -0.39 is 11.2 Å². The normalized spacial score (nSPS) is 22.6. The molecule has 5 aromatic rings. The standard InChI is InChI=1S/C42H38N2O6/c1-41(2)25-15-21-29-24(40(48)43(37(21)45)19-11-7-5-8-12-19)18-28-34-32-26(42(3,4)50-28)16-22-30-23(17-27(49-41)33(36(30)32)31(25)35(29)34)39(47)44(38(22)46)20-13-9-6-10-14-20/h15-20H,5-14H2,1-4H3. The molecule has 252 valence electrons. The summed E-state index contributed by atoms with van der Waals surface area (Å²) in [4.78, 5) is 61.2. The minimum atomic E-state index is -0.864. The summed E-state index contributed by atoms with van der Waals surface area (Å²) in [5, 5.41) is 6.46. The fourth-order valence-corrected chi connectivity index (χ4v) is 10.7. The number of carbonyl (C=O) groups is 4. The molecule has 8 heteroatoms. The molecule has 0 N–H and O–H groups in total. The third-order valence-corrected chi connectivity index (χ3v) is 12.9. The highest BCUT2D eigenvalue weighted by atomic mass is 16.5. The van der Waals surface area contributed by atoms with Crippen molar-refractivity contribution < 1.29 is 28.7 Å². The van der Waals surface area contributed by atoms with Crippen LogP contribution < -0.4 is 9.47 Å². The summed E-state index contributed by atoms with van der Waals surface area (Å²) in [6.07, 6.45) is 9.46. The van der Waals surface area contributed by atoms with Gasteiger partial charge < -0.3 is 9.47 Å². The molecule has 0 saturated heterocycles. The number of amides is 4. The van der Waals surface area contributed by atoms with Crippen molar-refractivity contribution in [1.29, 1.82) is 0 Å². The van der Waals surface area contributed by atoms with Crippen molar-refractivity contribution in [3.8, 4) is 11.5 Å². The van der Waals surface area contributed by atoms with Crippen LogP contribution >= 0.6 is 0 Å². The molecule has 6 aliphatic rings. The average molecular weight is 667 g/mol. The highest BCUT2D eigenvalue weighted by Crippen LogP contribution is 2.60. The second-order valence-corrected chi connectivity index (χ2v) is 16.6. The third-order valence-electron chi connectivity index (χ3n) is 12.9. The number of rotatable bonds is 2. The van der Waals surface area contributed by atoms with E-state index in [9.17, 15) is 19.2 Å². The van der Waals surface area contributed by atoms with Crippen LogP contribution in [-0.2, 0) is 11.2 Å².